The van der Waals surface area contributed by atoms with Gasteiger partial charge in [0.05, 0.1) is 18.3 Å². The van der Waals surface area contributed by atoms with Gasteiger partial charge in [-0.25, -0.2) is 0 Å². The molecule has 2 fully saturated rings. The van der Waals surface area contributed by atoms with Gasteiger partial charge in [-0.2, -0.15) is 0 Å². The number of aliphatic hydroxyl groups excluding tert-OH is 3. The molecule has 0 aromatic heterocycles. The van der Waals surface area contributed by atoms with Gasteiger partial charge < -0.3 is 35.7 Å². The monoisotopic (exact) mass is 638 g/mol. The van der Waals surface area contributed by atoms with Gasteiger partial charge in [0.2, 0.25) is 0 Å². The minimum atomic E-state index is -1.84. The van der Waals surface area contributed by atoms with E-state index in [9.17, 15) is 30.3 Å². The molecule has 0 radical (unpaired) electrons. The number of aliphatic hydroxyl groups is 6. The minimum Gasteiger partial charge on any atom is -0.481 e. The van der Waals surface area contributed by atoms with Crippen molar-refractivity contribution in [3.8, 4) is 0 Å². The van der Waals surface area contributed by atoms with E-state index in [-0.39, 0.29) is 13.0 Å². The fourth-order valence-corrected chi connectivity index (χ4v) is 8.40. The van der Waals surface area contributed by atoms with E-state index in [2.05, 4.69) is 6.92 Å². The second-order valence-corrected chi connectivity index (χ2v) is 14.5. The highest BCUT2D eigenvalue weighted by atomic mass is 16.4. The summed E-state index contributed by atoms with van der Waals surface area (Å²) in [6.45, 7) is 10.4. The molecular formula is C36H62O9. The Morgan fingerprint density at radius 1 is 0.889 bits per heavy atom. The molecule has 7 N–H and O–H groups in total. The number of carbonyl (C=O) groups excluding carboxylic acids is 1. The zero-order valence-corrected chi connectivity index (χ0v) is 28.6. The van der Waals surface area contributed by atoms with Crippen LogP contribution in [0, 0.1) is 29.1 Å². The van der Waals surface area contributed by atoms with E-state index in [1.807, 2.05) is 13.8 Å². The molecule has 4 aliphatic carbocycles. The van der Waals surface area contributed by atoms with Gasteiger partial charge in [-0.1, -0.05) is 110 Å². The second-order valence-electron chi connectivity index (χ2n) is 14.5. The predicted octanol–water partition coefficient (Wildman–Crippen LogP) is 4.70. The summed E-state index contributed by atoms with van der Waals surface area (Å²) in [5.41, 5.74) is -4.57. The van der Waals surface area contributed by atoms with Crippen LogP contribution in [0.15, 0.2) is 23.3 Å². The average Bonchev–Trinajstić information content (AvgIpc) is 3.38. The number of Topliss-reactive ketones (excluding diaryl/α,β-unsaturated/α-hetero) is 1. The van der Waals surface area contributed by atoms with Crippen molar-refractivity contribution >= 4 is 11.8 Å². The first-order valence-electron chi connectivity index (χ1n) is 17.2. The van der Waals surface area contributed by atoms with Gasteiger partial charge in [-0.05, 0) is 24.5 Å². The van der Waals surface area contributed by atoms with Crippen LogP contribution < -0.4 is 0 Å². The summed E-state index contributed by atoms with van der Waals surface area (Å²) in [6, 6.07) is 0. The van der Waals surface area contributed by atoms with Crippen LogP contribution in [0.3, 0.4) is 0 Å². The molecule has 0 unspecified atom stereocenters. The molecule has 9 heteroatoms. The topological polar surface area (TPSA) is 176 Å². The summed E-state index contributed by atoms with van der Waals surface area (Å²) >= 11 is 0. The van der Waals surface area contributed by atoms with Crippen molar-refractivity contribution in [3.05, 3.63) is 23.3 Å². The normalized spacial score (nSPS) is 35.6. The van der Waals surface area contributed by atoms with E-state index in [1.165, 1.54) is 70.6 Å². The van der Waals surface area contributed by atoms with E-state index in [1.54, 1.807) is 26.0 Å². The van der Waals surface area contributed by atoms with Crippen LogP contribution in [0.25, 0.3) is 0 Å². The number of carboxylic acids is 1. The Labute approximate surface area is 270 Å². The Hall–Kier alpha value is -1.62. The van der Waals surface area contributed by atoms with Gasteiger partial charge in [0, 0.05) is 49.0 Å². The number of aliphatic carboxylic acids is 1. The number of rotatable bonds is 13. The third kappa shape index (κ3) is 8.10. The first-order chi connectivity index (χ1) is 21.0. The molecule has 0 amide bonds. The highest BCUT2D eigenvalue weighted by molar-refractivity contribution is 6.04. The van der Waals surface area contributed by atoms with Crippen molar-refractivity contribution in [1.29, 1.82) is 0 Å². The minimum absolute atomic E-state index is 0.0615. The first kappa shape index (κ1) is 39.6. The lowest BCUT2D eigenvalue weighted by molar-refractivity contribution is -0.209. The summed E-state index contributed by atoms with van der Waals surface area (Å²) in [7, 11) is 0. The number of hydrogen-bond donors (Lipinski definition) is 7. The van der Waals surface area contributed by atoms with E-state index in [0.29, 0.717) is 17.8 Å². The van der Waals surface area contributed by atoms with Crippen molar-refractivity contribution in [2.45, 2.75) is 148 Å². The molecule has 260 valence electrons. The van der Waals surface area contributed by atoms with Crippen LogP contribution in [0.5, 0.6) is 0 Å². The highest BCUT2D eigenvalue weighted by Crippen LogP contribution is 2.74. The van der Waals surface area contributed by atoms with E-state index < -0.39 is 63.7 Å². The van der Waals surface area contributed by atoms with E-state index >= 15 is 0 Å². The van der Waals surface area contributed by atoms with Crippen molar-refractivity contribution in [3.63, 3.8) is 0 Å². The quantitative estimate of drug-likeness (QED) is 0.111. The summed E-state index contributed by atoms with van der Waals surface area (Å²) < 4.78 is 0. The zero-order valence-electron chi connectivity index (χ0n) is 28.6. The predicted molar refractivity (Wildman–Crippen MR) is 174 cm³/mol. The largest absolute Gasteiger partial charge is 0.481 e. The SMILES string of the molecule is CC(=O)O.CC1=C[C@H]2[C@@]3(O)[C@H](C)[C@@H](O)[C@]4(O)[C@H]([C@@H]3C=C(CO)C[C@]2(O)C1=O)C4(C)C.CCCCCCCCCCCCCCO. The second kappa shape index (κ2) is 16.5. The van der Waals surface area contributed by atoms with Crippen LogP contribution in [0.4, 0.5) is 0 Å². The molecule has 0 aliphatic heterocycles. The summed E-state index contributed by atoms with van der Waals surface area (Å²) in [5.74, 6) is -3.97. The maximum absolute atomic E-state index is 12.7. The van der Waals surface area contributed by atoms with Crippen LogP contribution in [0.2, 0.25) is 0 Å². The highest BCUT2D eigenvalue weighted by Gasteiger charge is 2.84. The van der Waals surface area contributed by atoms with Crippen molar-refractivity contribution in [2.24, 2.45) is 29.1 Å². The van der Waals surface area contributed by atoms with Crippen molar-refractivity contribution < 1.29 is 45.3 Å². The van der Waals surface area contributed by atoms with E-state index in [4.69, 9.17) is 15.0 Å². The van der Waals surface area contributed by atoms with E-state index in [0.717, 1.165) is 13.3 Å². The smallest absolute Gasteiger partial charge is 0.300 e. The number of carboxylic acid groups (broad SMARTS) is 1. The Bertz CT molecular complexity index is 1040. The number of ketones is 1. The number of fused-ring (bicyclic) bond motifs is 5. The fraction of sp³-hybridized carbons (Fsp3) is 0.833. The Balaban J connectivity index is 0.000000317. The molecule has 2 saturated carbocycles. The number of carbonyl (C=O) groups is 2. The Morgan fingerprint density at radius 2 is 1.36 bits per heavy atom. The van der Waals surface area contributed by atoms with Crippen LogP contribution >= 0.6 is 0 Å². The van der Waals surface area contributed by atoms with Crippen LogP contribution in [0.1, 0.15) is 125 Å². The molecular weight excluding hydrogens is 576 g/mol. The zero-order chi connectivity index (χ0) is 34.2. The first-order valence-corrected chi connectivity index (χ1v) is 17.2. The molecule has 4 aliphatic rings. The van der Waals surface area contributed by atoms with Gasteiger partial charge in [0.25, 0.3) is 5.97 Å². The summed E-state index contributed by atoms with van der Waals surface area (Å²) in [4.78, 5) is 21.7. The summed E-state index contributed by atoms with van der Waals surface area (Å²) in [6.07, 6.45) is 18.3. The molecule has 45 heavy (non-hydrogen) atoms. The van der Waals surface area contributed by atoms with Gasteiger partial charge >= 0.3 is 0 Å². The Kier molecular flexibility index (Phi) is 14.5. The van der Waals surface area contributed by atoms with Crippen molar-refractivity contribution in [2.75, 3.05) is 13.2 Å². The molecule has 8 atom stereocenters. The maximum atomic E-state index is 12.7. The van der Waals surface area contributed by atoms with Gasteiger partial charge in [-0.3, -0.25) is 9.59 Å². The number of hydrogen-bond acceptors (Lipinski definition) is 8. The van der Waals surface area contributed by atoms with Crippen LogP contribution in [-0.4, -0.2) is 83.6 Å². The third-order valence-electron chi connectivity index (χ3n) is 11.1. The number of unbranched alkanes of at least 4 members (excludes halogenated alkanes) is 11. The molecule has 0 aromatic carbocycles. The Morgan fingerprint density at radius 3 is 1.80 bits per heavy atom. The van der Waals surface area contributed by atoms with Gasteiger partial charge in [-0.15, -0.1) is 0 Å². The molecule has 0 spiro atoms. The molecule has 4 rings (SSSR count). The summed E-state index contributed by atoms with van der Waals surface area (Å²) in [5, 5.41) is 71.0. The molecule has 0 heterocycles. The van der Waals surface area contributed by atoms with Crippen LogP contribution in [-0.2, 0) is 9.59 Å². The lowest BCUT2D eigenvalue weighted by Gasteiger charge is -2.51. The van der Waals surface area contributed by atoms with Gasteiger partial charge in [0.1, 0.15) is 11.2 Å². The molecule has 9 nitrogen and oxygen atoms in total. The van der Waals surface area contributed by atoms with Gasteiger partial charge in [0.15, 0.2) is 5.78 Å². The lowest BCUT2D eigenvalue weighted by atomic mass is 9.59. The average molecular weight is 639 g/mol. The maximum Gasteiger partial charge on any atom is 0.300 e. The molecule has 0 bridgehead atoms. The third-order valence-corrected chi connectivity index (χ3v) is 11.1. The lowest BCUT2D eigenvalue weighted by Crippen LogP contribution is -2.65. The molecule has 0 aromatic rings. The molecule has 0 saturated heterocycles. The fourth-order valence-electron chi connectivity index (χ4n) is 8.40. The standard InChI is InChI=1S/C20H28O6.C14H30O.C2H4O2/c1-9-5-13-18(24,15(9)22)7-11(8-21)6-12-14-17(3,4)20(14,26)16(23)10(2)19(12,13)25;1-2-3-4-5-6-7-8-9-10-11-12-13-14-15;1-2(3)4/h5-6,10,12-14,16,21,23-26H,7-8H2,1-4H3;15H,2-14H2,1H3;1H3,(H,3,4)/t10-,12+,13-,14-,16-,18-,19-,20-;;/m1../s1. The van der Waals surface area contributed by atoms with Crippen molar-refractivity contribution in [1.82, 2.24) is 0 Å².